The minimum Gasteiger partial charge on any atom is -0.338 e. The number of halogens is 1. The number of sulfonamides is 1. The van der Waals surface area contributed by atoms with E-state index >= 15 is 0 Å². The molecule has 0 spiro atoms. The van der Waals surface area contributed by atoms with Crippen LogP contribution in [-0.2, 0) is 27.8 Å². The van der Waals surface area contributed by atoms with Crippen LogP contribution in [0.15, 0.2) is 41.3 Å². The molecule has 0 bridgehead atoms. The highest BCUT2D eigenvalue weighted by Gasteiger charge is 2.21. The molecule has 0 saturated carbocycles. The van der Waals surface area contributed by atoms with Gasteiger partial charge in [0, 0.05) is 30.7 Å². The maximum atomic E-state index is 12.7. The third kappa shape index (κ3) is 3.65. The van der Waals surface area contributed by atoms with Crippen molar-refractivity contribution in [2.24, 2.45) is 0 Å². The van der Waals surface area contributed by atoms with Crippen LogP contribution in [0.5, 0.6) is 0 Å². The van der Waals surface area contributed by atoms with Gasteiger partial charge in [0.25, 0.3) is 10.0 Å². The van der Waals surface area contributed by atoms with E-state index in [1.807, 2.05) is 6.07 Å². The van der Waals surface area contributed by atoms with Crippen LogP contribution in [0.1, 0.15) is 23.6 Å². The van der Waals surface area contributed by atoms with E-state index in [1.54, 1.807) is 43.0 Å². The lowest BCUT2D eigenvalue weighted by molar-refractivity contribution is -0.129. The second kappa shape index (κ2) is 6.69. The van der Waals surface area contributed by atoms with Gasteiger partial charge in [-0.2, -0.15) is 0 Å². The van der Waals surface area contributed by atoms with Crippen molar-refractivity contribution < 1.29 is 13.2 Å². The van der Waals surface area contributed by atoms with Gasteiger partial charge < -0.3 is 4.90 Å². The van der Waals surface area contributed by atoms with E-state index in [1.165, 1.54) is 6.07 Å². The molecule has 2 aromatic carbocycles. The Balaban J connectivity index is 1.90. The molecule has 1 aliphatic rings. The normalized spacial score (nSPS) is 14.1. The van der Waals surface area contributed by atoms with E-state index in [9.17, 15) is 13.2 Å². The first kappa shape index (κ1) is 17.8. The van der Waals surface area contributed by atoms with Gasteiger partial charge in [0.2, 0.25) is 5.91 Å². The first-order valence-corrected chi connectivity index (χ1v) is 9.79. The van der Waals surface area contributed by atoms with Crippen LogP contribution in [0.3, 0.4) is 0 Å². The highest BCUT2D eigenvalue weighted by atomic mass is 35.5. The molecule has 0 saturated heterocycles. The molecule has 1 N–H and O–H groups in total. The van der Waals surface area contributed by atoms with Gasteiger partial charge in [-0.05, 0) is 54.3 Å². The van der Waals surface area contributed by atoms with E-state index < -0.39 is 10.0 Å². The van der Waals surface area contributed by atoms with Gasteiger partial charge in [0.1, 0.15) is 0 Å². The second-order valence-electron chi connectivity index (χ2n) is 6.14. The molecule has 0 aromatic heterocycles. The molecule has 0 radical (unpaired) electrons. The molecule has 7 heteroatoms. The number of carbonyl (C=O) groups is 1. The summed E-state index contributed by atoms with van der Waals surface area (Å²) in [5.41, 5.74) is 3.09. The summed E-state index contributed by atoms with van der Waals surface area (Å²) in [5, 5.41) is 0.408. The summed E-state index contributed by atoms with van der Waals surface area (Å²) in [6, 6.07) is 10.3. The van der Waals surface area contributed by atoms with Crippen molar-refractivity contribution in [1.29, 1.82) is 0 Å². The van der Waals surface area contributed by atoms with E-state index in [0.717, 1.165) is 17.5 Å². The lowest BCUT2D eigenvalue weighted by Crippen LogP contribution is -2.34. The van der Waals surface area contributed by atoms with E-state index in [-0.39, 0.29) is 10.8 Å². The summed E-state index contributed by atoms with van der Waals surface area (Å²) >= 11 is 6.03. The number of carbonyl (C=O) groups excluding carboxylic acids is 1. The van der Waals surface area contributed by atoms with Gasteiger partial charge in [-0.1, -0.05) is 23.7 Å². The lowest BCUT2D eigenvalue weighted by atomic mass is 9.99. The van der Waals surface area contributed by atoms with Crippen molar-refractivity contribution in [2.45, 2.75) is 31.7 Å². The second-order valence-corrected chi connectivity index (χ2v) is 8.20. The first-order chi connectivity index (χ1) is 11.8. The van der Waals surface area contributed by atoms with Gasteiger partial charge in [-0.15, -0.1) is 0 Å². The average Bonchev–Trinajstić information content (AvgIpc) is 2.56. The van der Waals surface area contributed by atoms with Crippen LogP contribution in [-0.4, -0.2) is 25.8 Å². The molecule has 0 unspecified atom stereocenters. The number of hydrogen-bond donors (Lipinski definition) is 1. The number of hydrogen-bond acceptors (Lipinski definition) is 3. The van der Waals surface area contributed by atoms with Gasteiger partial charge in [-0.3, -0.25) is 9.52 Å². The van der Waals surface area contributed by atoms with E-state index in [4.69, 9.17) is 11.6 Å². The largest absolute Gasteiger partial charge is 0.338 e. The zero-order valence-electron chi connectivity index (χ0n) is 14.0. The molecule has 0 atom stereocenters. The lowest BCUT2D eigenvalue weighted by Gasteiger charge is -2.28. The van der Waals surface area contributed by atoms with Crippen molar-refractivity contribution in [3.05, 3.63) is 58.1 Å². The smallest absolute Gasteiger partial charge is 0.262 e. The fourth-order valence-corrected chi connectivity index (χ4v) is 4.53. The topological polar surface area (TPSA) is 66.5 Å². The standard InChI is InChI=1S/C18H19ClN2O3S/c1-12-17(19)4-3-5-18(12)25(23,24)20-16-7-6-14-8-9-21(13(2)22)11-15(14)10-16/h3-7,10,20H,8-9,11H2,1-2H3. The van der Waals surface area contributed by atoms with Crippen molar-refractivity contribution >= 4 is 33.2 Å². The Morgan fingerprint density at radius 3 is 2.68 bits per heavy atom. The summed E-state index contributed by atoms with van der Waals surface area (Å²) in [6.45, 7) is 4.40. The molecule has 5 nitrogen and oxygen atoms in total. The van der Waals surface area contributed by atoms with E-state index in [0.29, 0.717) is 29.4 Å². The molecule has 25 heavy (non-hydrogen) atoms. The van der Waals surface area contributed by atoms with Crippen molar-refractivity contribution in [1.82, 2.24) is 4.90 Å². The number of fused-ring (bicyclic) bond motifs is 1. The zero-order chi connectivity index (χ0) is 18.2. The molecule has 3 rings (SSSR count). The van der Waals surface area contributed by atoms with Gasteiger partial charge in [0.05, 0.1) is 4.90 Å². The van der Waals surface area contributed by atoms with Crippen LogP contribution in [0.25, 0.3) is 0 Å². The molecule has 1 aliphatic heterocycles. The number of anilines is 1. The summed E-state index contributed by atoms with van der Waals surface area (Å²) in [6.07, 6.45) is 0.773. The average molecular weight is 379 g/mol. The minimum atomic E-state index is -3.74. The Kier molecular flexibility index (Phi) is 4.75. The predicted molar refractivity (Wildman–Crippen MR) is 98.2 cm³/mol. The highest BCUT2D eigenvalue weighted by Crippen LogP contribution is 2.27. The molecule has 0 aliphatic carbocycles. The zero-order valence-corrected chi connectivity index (χ0v) is 15.6. The van der Waals surface area contributed by atoms with Crippen LogP contribution >= 0.6 is 11.6 Å². The quantitative estimate of drug-likeness (QED) is 0.890. The van der Waals surface area contributed by atoms with Crippen LogP contribution in [0.2, 0.25) is 5.02 Å². The Morgan fingerprint density at radius 2 is 1.96 bits per heavy atom. The number of nitrogens with zero attached hydrogens (tertiary/aromatic N) is 1. The maximum Gasteiger partial charge on any atom is 0.262 e. The number of benzene rings is 2. The first-order valence-electron chi connectivity index (χ1n) is 7.93. The molecular formula is C18H19ClN2O3S. The summed E-state index contributed by atoms with van der Waals surface area (Å²) in [5.74, 6) is 0.0196. The van der Waals surface area contributed by atoms with Crippen molar-refractivity contribution in [2.75, 3.05) is 11.3 Å². The monoisotopic (exact) mass is 378 g/mol. The maximum absolute atomic E-state index is 12.7. The number of rotatable bonds is 3. The molecular weight excluding hydrogens is 360 g/mol. The highest BCUT2D eigenvalue weighted by molar-refractivity contribution is 7.92. The summed E-state index contributed by atoms with van der Waals surface area (Å²) in [4.78, 5) is 13.5. The van der Waals surface area contributed by atoms with Crippen LogP contribution in [0, 0.1) is 6.92 Å². The predicted octanol–water partition coefficient (Wildman–Crippen LogP) is 3.35. The Labute approximate surface area is 152 Å². The molecule has 1 heterocycles. The van der Waals surface area contributed by atoms with Gasteiger partial charge in [0.15, 0.2) is 0 Å². The molecule has 2 aromatic rings. The number of amides is 1. The molecule has 0 fully saturated rings. The number of nitrogens with one attached hydrogen (secondary N) is 1. The third-order valence-electron chi connectivity index (χ3n) is 4.42. The SMILES string of the molecule is CC(=O)N1CCc2ccc(NS(=O)(=O)c3cccc(Cl)c3C)cc2C1. The Hall–Kier alpha value is -2.05. The van der Waals surface area contributed by atoms with Crippen molar-refractivity contribution in [3.8, 4) is 0 Å². The summed E-state index contributed by atoms with van der Waals surface area (Å²) in [7, 11) is -3.74. The summed E-state index contributed by atoms with van der Waals surface area (Å²) < 4.78 is 28.0. The Morgan fingerprint density at radius 1 is 1.20 bits per heavy atom. The Bertz CT molecular complexity index is 941. The molecule has 1 amide bonds. The molecule has 132 valence electrons. The minimum absolute atomic E-state index is 0.0196. The van der Waals surface area contributed by atoms with Crippen LogP contribution in [0.4, 0.5) is 5.69 Å². The van der Waals surface area contributed by atoms with Crippen molar-refractivity contribution in [3.63, 3.8) is 0 Å². The van der Waals surface area contributed by atoms with Gasteiger partial charge >= 0.3 is 0 Å². The van der Waals surface area contributed by atoms with Crippen LogP contribution < -0.4 is 4.72 Å². The van der Waals surface area contributed by atoms with Gasteiger partial charge in [-0.25, -0.2) is 8.42 Å². The fraction of sp³-hybridized carbons (Fsp3) is 0.278. The third-order valence-corrected chi connectivity index (χ3v) is 6.36. The fourth-order valence-electron chi connectivity index (χ4n) is 2.98. The van der Waals surface area contributed by atoms with E-state index in [2.05, 4.69) is 4.72 Å².